The fraction of sp³-hybridized carbons (Fsp3) is 0.167. The van der Waals surface area contributed by atoms with Gasteiger partial charge in [-0.05, 0) is 61.0 Å². The molecule has 3 rings (SSSR count). The van der Waals surface area contributed by atoms with Crippen LogP contribution in [0.3, 0.4) is 0 Å². The molecule has 3 aromatic rings. The third-order valence-electron chi connectivity index (χ3n) is 3.73. The maximum atomic E-state index is 12.8. The van der Waals surface area contributed by atoms with Crippen LogP contribution in [-0.4, -0.2) is 12.1 Å². The molecule has 118 valence electrons. The third kappa shape index (κ3) is 2.99. The maximum absolute atomic E-state index is 12.8. The topological polar surface area (TPSA) is 22.1 Å². The second-order valence-electron chi connectivity index (χ2n) is 5.28. The Morgan fingerprint density at radius 3 is 2.26 bits per heavy atom. The molecule has 5 heteroatoms. The Labute approximate surface area is 131 Å². The molecule has 2 nitrogen and oxygen atoms in total. The highest BCUT2D eigenvalue weighted by Gasteiger charge is 2.30. The minimum Gasteiger partial charge on any atom is -0.497 e. The molecule has 0 atom stereocenters. The van der Waals surface area contributed by atoms with Crippen molar-refractivity contribution in [3.05, 3.63) is 59.7 Å². The van der Waals surface area contributed by atoms with Crippen LogP contribution >= 0.6 is 0 Å². The van der Waals surface area contributed by atoms with Gasteiger partial charge < -0.3 is 4.74 Å². The lowest BCUT2D eigenvalue weighted by Gasteiger charge is -2.11. The van der Waals surface area contributed by atoms with Crippen LogP contribution in [0, 0.1) is 6.92 Å². The highest BCUT2D eigenvalue weighted by atomic mass is 19.4. The summed E-state index contributed by atoms with van der Waals surface area (Å²) >= 11 is 0. The van der Waals surface area contributed by atoms with Crippen molar-refractivity contribution in [2.75, 3.05) is 7.11 Å². The molecular weight excluding hydrogens is 303 g/mol. The zero-order valence-corrected chi connectivity index (χ0v) is 12.6. The Kier molecular flexibility index (Phi) is 3.72. The van der Waals surface area contributed by atoms with Gasteiger partial charge in [-0.25, -0.2) is 4.98 Å². The Morgan fingerprint density at radius 1 is 0.957 bits per heavy atom. The fourth-order valence-corrected chi connectivity index (χ4v) is 2.48. The minimum atomic E-state index is -4.35. The quantitative estimate of drug-likeness (QED) is 0.645. The molecule has 0 radical (unpaired) electrons. The lowest BCUT2D eigenvalue weighted by molar-refractivity contribution is -0.137. The Hall–Kier alpha value is -2.56. The van der Waals surface area contributed by atoms with Gasteiger partial charge in [0.15, 0.2) is 0 Å². The van der Waals surface area contributed by atoms with Crippen LogP contribution in [-0.2, 0) is 6.18 Å². The van der Waals surface area contributed by atoms with Crippen LogP contribution in [0.5, 0.6) is 5.75 Å². The van der Waals surface area contributed by atoms with Crippen molar-refractivity contribution in [3.63, 3.8) is 0 Å². The number of benzene rings is 2. The van der Waals surface area contributed by atoms with Gasteiger partial charge in [-0.15, -0.1) is 0 Å². The monoisotopic (exact) mass is 317 g/mol. The summed E-state index contributed by atoms with van der Waals surface area (Å²) in [5, 5.41) is 0.511. The van der Waals surface area contributed by atoms with E-state index in [0.29, 0.717) is 10.9 Å². The van der Waals surface area contributed by atoms with Crippen molar-refractivity contribution < 1.29 is 17.9 Å². The summed E-state index contributed by atoms with van der Waals surface area (Å²) in [7, 11) is 1.59. The van der Waals surface area contributed by atoms with Crippen LogP contribution in [0.1, 0.15) is 11.1 Å². The van der Waals surface area contributed by atoms with Crippen LogP contribution in [0.15, 0.2) is 48.5 Å². The van der Waals surface area contributed by atoms with Crippen molar-refractivity contribution >= 4 is 10.9 Å². The Bertz CT molecular complexity index is 855. The molecule has 0 fully saturated rings. The van der Waals surface area contributed by atoms with Gasteiger partial charge in [0.05, 0.1) is 23.9 Å². The molecule has 0 amide bonds. The lowest BCUT2D eigenvalue weighted by atomic mass is 10.0. The smallest absolute Gasteiger partial charge is 0.416 e. The summed E-state index contributed by atoms with van der Waals surface area (Å²) in [6.07, 6.45) is -4.35. The van der Waals surface area contributed by atoms with Crippen LogP contribution in [0.25, 0.3) is 22.2 Å². The normalized spacial score (nSPS) is 11.7. The van der Waals surface area contributed by atoms with E-state index in [4.69, 9.17) is 4.74 Å². The largest absolute Gasteiger partial charge is 0.497 e. The summed E-state index contributed by atoms with van der Waals surface area (Å²) in [5.74, 6) is 0.737. The number of alkyl halides is 3. The number of nitrogens with zero attached hydrogens (tertiary/aromatic N) is 1. The van der Waals surface area contributed by atoms with Gasteiger partial charge in [0.25, 0.3) is 0 Å². The van der Waals surface area contributed by atoms with Crippen molar-refractivity contribution in [2.45, 2.75) is 13.1 Å². The van der Waals surface area contributed by atoms with Crippen molar-refractivity contribution in [1.82, 2.24) is 4.98 Å². The number of methoxy groups -OCH3 is 1. The molecule has 1 aromatic heterocycles. The van der Waals surface area contributed by atoms with Crippen LogP contribution in [0.4, 0.5) is 13.2 Å². The number of hydrogen-bond donors (Lipinski definition) is 0. The first kappa shape index (κ1) is 15.3. The van der Waals surface area contributed by atoms with E-state index in [-0.39, 0.29) is 0 Å². The van der Waals surface area contributed by atoms with Crippen LogP contribution in [0.2, 0.25) is 0 Å². The highest BCUT2D eigenvalue weighted by Crippen LogP contribution is 2.33. The zero-order chi connectivity index (χ0) is 16.6. The standard InChI is InChI=1S/C18H14F3NO/c1-11-9-17(12-3-6-14(23-2)7-4-12)22-16-8-5-13(10-15(11)16)18(19,20)21/h3-10H,1-2H3. The molecule has 0 aliphatic heterocycles. The van der Waals surface area contributed by atoms with E-state index in [9.17, 15) is 13.2 Å². The number of fused-ring (bicyclic) bond motifs is 1. The van der Waals surface area contributed by atoms with E-state index in [2.05, 4.69) is 4.98 Å². The Balaban J connectivity index is 2.10. The number of hydrogen-bond acceptors (Lipinski definition) is 2. The summed E-state index contributed by atoms with van der Waals surface area (Å²) < 4.78 is 43.6. The van der Waals surface area contributed by atoms with Crippen molar-refractivity contribution in [2.24, 2.45) is 0 Å². The summed E-state index contributed by atoms with van der Waals surface area (Å²) in [6, 6.07) is 12.8. The predicted octanol–water partition coefficient (Wildman–Crippen LogP) is 5.24. The first-order chi connectivity index (χ1) is 10.9. The van der Waals surface area contributed by atoms with E-state index in [1.165, 1.54) is 6.07 Å². The Morgan fingerprint density at radius 2 is 1.65 bits per heavy atom. The van der Waals surface area contributed by atoms with E-state index in [1.54, 1.807) is 20.1 Å². The molecule has 0 spiro atoms. The van der Waals surface area contributed by atoms with Gasteiger partial charge in [0.1, 0.15) is 5.75 Å². The summed E-state index contributed by atoms with van der Waals surface area (Å²) in [4.78, 5) is 4.48. The fourth-order valence-electron chi connectivity index (χ4n) is 2.48. The second-order valence-corrected chi connectivity index (χ2v) is 5.28. The third-order valence-corrected chi connectivity index (χ3v) is 3.73. The molecule has 0 aliphatic rings. The average molecular weight is 317 g/mol. The molecule has 0 unspecified atom stereocenters. The molecule has 0 N–H and O–H groups in total. The second kappa shape index (κ2) is 5.57. The minimum absolute atomic E-state index is 0.511. The highest BCUT2D eigenvalue weighted by molar-refractivity contribution is 5.85. The van der Waals surface area contributed by atoms with Gasteiger partial charge in [-0.1, -0.05) is 0 Å². The number of aryl methyl sites for hydroxylation is 1. The molecule has 1 heterocycles. The van der Waals surface area contributed by atoms with Gasteiger partial charge in [-0.2, -0.15) is 13.2 Å². The zero-order valence-electron chi connectivity index (χ0n) is 12.6. The van der Waals surface area contributed by atoms with E-state index < -0.39 is 11.7 Å². The van der Waals surface area contributed by atoms with E-state index in [1.807, 2.05) is 24.3 Å². The van der Waals surface area contributed by atoms with E-state index in [0.717, 1.165) is 34.7 Å². The first-order valence-electron chi connectivity index (χ1n) is 7.01. The molecule has 0 saturated carbocycles. The number of ether oxygens (including phenoxy) is 1. The predicted molar refractivity (Wildman–Crippen MR) is 83.5 cm³/mol. The number of pyridine rings is 1. The molecule has 23 heavy (non-hydrogen) atoms. The molecule has 0 bridgehead atoms. The molecule has 0 aliphatic carbocycles. The SMILES string of the molecule is COc1ccc(-c2cc(C)c3cc(C(F)(F)F)ccc3n2)cc1. The van der Waals surface area contributed by atoms with Gasteiger partial charge in [-0.3, -0.25) is 0 Å². The average Bonchev–Trinajstić information content (AvgIpc) is 2.53. The van der Waals surface area contributed by atoms with E-state index >= 15 is 0 Å². The van der Waals surface area contributed by atoms with Crippen molar-refractivity contribution in [1.29, 1.82) is 0 Å². The first-order valence-corrected chi connectivity index (χ1v) is 7.01. The van der Waals surface area contributed by atoms with Gasteiger partial charge in [0, 0.05) is 10.9 Å². The summed E-state index contributed by atoms with van der Waals surface area (Å²) in [6.45, 7) is 1.79. The molecule has 0 saturated heterocycles. The summed E-state index contributed by atoms with van der Waals surface area (Å²) in [5.41, 5.74) is 2.25. The maximum Gasteiger partial charge on any atom is 0.416 e. The molecule has 2 aromatic carbocycles. The molecular formula is C18H14F3NO. The number of rotatable bonds is 2. The van der Waals surface area contributed by atoms with Crippen molar-refractivity contribution in [3.8, 4) is 17.0 Å². The lowest BCUT2D eigenvalue weighted by Crippen LogP contribution is -2.04. The van der Waals surface area contributed by atoms with Gasteiger partial charge in [0.2, 0.25) is 0 Å². The number of aromatic nitrogens is 1. The van der Waals surface area contributed by atoms with Gasteiger partial charge >= 0.3 is 6.18 Å². The number of halogens is 3. The van der Waals surface area contributed by atoms with Crippen LogP contribution < -0.4 is 4.74 Å².